The van der Waals surface area contributed by atoms with Crippen molar-refractivity contribution in [2.24, 2.45) is 0 Å². The van der Waals surface area contributed by atoms with E-state index in [0.717, 1.165) is 5.56 Å². The van der Waals surface area contributed by atoms with E-state index in [0.29, 0.717) is 34.4 Å². The lowest BCUT2D eigenvalue weighted by Crippen LogP contribution is -2.13. The van der Waals surface area contributed by atoms with Gasteiger partial charge < -0.3 is 14.8 Å². The van der Waals surface area contributed by atoms with Crippen LogP contribution < -0.4 is 14.8 Å². The molecular formula is C25H19Cl2FN2O3. The summed E-state index contributed by atoms with van der Waals surface area (Å²) in [5.41, 5.74) is 1.45. The summed E-state index contributed by atoms with van der Waals surface area (Å²) >= 11 is 12.6. The number of nitrogens with one attached hydrogen (secondary N) is 1. The van der Waals surface area contributed by atoms with Crippen LogP contribution in [0.2, 0.25) is 10.0 Å². The van der Waals surface area contributed by atoms with Crippen LogP contribution in [0, 0.1) is 17.1 Å². The molecule has 3 aromatic rings. The summed E-state index contributed by atoms with van der Waals surface area (Å²) < 4.78 is 24.6. The Morgan fingerprint density at radius 3 is 2.48 bits per heavy atom. The number of ether oxygens (including phenoxy) is 2. The van der Waals surface area contributed by atoms with E-state index in [1.54, 1.807) is 18.2 Å². The van der Waals surface area contributed by atoms with Crippen LogP contribution in [0.4, 0.5) is 10.1 Å². The third kappa shape index (κ3) is 6.48. The van der Waals surface area contributed by atoms with Crippen molar-refractivity contribution >= 4 is 40.9 Å². The number of hydrogen-bond acceptors (Lipinski definition) is 4. The van der Waals surface area contributed by atoms with Crippen LogP contribution in [0.25, 0.3) is 6.08 Å². The molecule has 0 unspecified atom stereocenters. The summed E-state index contributed by atoms with van der Waals surface area (Å²) in [7, 11) is 0. The van der Waals surface area contributed by atoms with Crippen LogP contribution in [0.3, 0.4) is 0 Å². The molecule has 1 amide bonds. The predicted molar refractivity (Wildman–Crippen MR) is 127 cm³/mol. The Morgan fingerprint density at radius 1 is 1.09 bits per heavy atom. The first-order valence-corrected chi connectivity index (χ1v) is 10.7. The molecule has 0 spiro atoms. The Hall–Kier alpha value is -3.53. The SMILES string of the molecule is CCOc1cc(/C=C(\C#N)C(=O)Nc2ccc(F)cc2)cc(Cl)c1OCc1ccccc1Cl. The topological polar surface area (TPSA) is 71.3 Å². The zero-order valence-corrected chi connectivity index (χ0v) is 19.1. The minimum absolute atomic E-state index is 0.164. The van der Waals surface area contributed by atoms with Gasteiger partial charge >= 0.3 is 0 Å². The summed E-state index contributed by atoms with van der Waals surface area (Å²) in [6.45, 7) is 2.34. The van der Waals surface area contributed by atoms with Gasteiger partial charge in [-0.2, -0.15) is 5.26 Å². The maximum atomic E-state index is 13.1. The molecular weight excluding hydrogens is 466 g/mol. The van der Waals surface area contributed by atoms with Crippen molar-refractivity contribution in [3.8, 4) is 17.6 Å². The van der Waals surface area contributed by atoms with Gasteiger partial charge in [0, 0.05) is 16.3 Å². The van der Waals surface area contributed by atoms with Gasteiger partial charge in [-0.25, -0.2) is 4.39 Å². The van der Waals surface area contributed by atoms with Crippen molar-refractivity contribution in [3.05, 3.63) is 93.2 Å². The highest BCUT2D eigenvalue weighted by Crippen LogP contribution is 2.38. The molecule has 8 heteroatoms. The molecule has 168 valence electrons. The van der Waals surface area contributed by atoms with Gasteiger partial charge in [-0.05, 0) is 61.0 Å². The second-order valence-electron chi connectivity index (χ2n) is 6.77. The first kappa shape index (κ1) is 24.1. The summed E-state index contributed by atoms with van der Waals surface area (Å²) in [5.74, 6) is -0.388. The number of amides is 1. The second kappa shape index (κ2) is 11.4. The molecule has 0 atom stereocenters. The highest BCUT2D eigenvalue weighted by atomic mass is 35.5. The Kier molecular flexibility index (Phi) is 8.31. The maximum Gasteiger partial charge on any atom is 0.266 e. The van der Waals surface area contributed by atoms with Crippen LogP contribution in [-0.4, -0.2) is 12.5 Å². The number of hydrogen-bond donors (Lipinski definition) is 1. The Morgan fingerprint density at radius 2 is 1.82 bits per heavy atom. The van der Waals surface area contributed by atoms with Crippen LogP contribution >= 0.6 is 23.2 Å². The van der Waals surface area contributed by atoms with E-state index >= 15 is 0 Å². The lowest BCUT2D eigenvalue weighted by Gasteiger charge is -2.15. The molecule has 0 radical (unpaired) electrons. The second-order valence-corrected chi connectivity index (χ2v) is 7.59. The Bertz CT molecular complexity index is 1220. The van der Waals surface area contributed by atoms with Gasteiger partial charge in [0.05, 0.1) is 11.6 Å². The summed E-state index contributed by atoms with van der Waals surface area (Å²) in [6, 6.07) is 17.6. The van der Waals surface area contributed by atoms with Crippen LogP contribution in [-0.2, 0) is 11.4 Å². The van der Waals surface area contributed by atoms with E-state index in [9.17, 15) is 14.4 Å². The first-order valence-electron chi connectivity index (χ1n) is 9.92. The van der Waals surface area contributed by atoms with Gasteiger partial charge in [-0.15, -0.1) is 0 Å². The van der Waals surface area contributed by atoms with E-state index in [4.69, 9.17) is 32.7 Å². The van der Waals surface area contributed by atoms with E-state index in [2.05, 4.69) is 5.32 Å². The molecule has 3 rings (SSSR count). The molecule has 0 aromatic heterocycles. The number of nitrogens with zero attached hydrogens (tertiary/aromatic N) is 1. The molecule has 3 aromatic carbocycles. The highest BCUT2D eigenvalue weighted by molar-refractivity contribution is 6.32. The number of carbonyl (C=O) groups excluding carboxylic acids is 1. The number of halogens is 3. The van der Waals surface area contributed by atoms with Crippen molar-refractivity contribution in [3.63, 3.8) is 0 Å². The number of carbonyl (C=O) groups is 1. The highest BCUT2D eigenvalue weighted by Gasteiger charge is 2.15. The lowest BCUT2D eigenvalue weighted by atomic mass is 10.1. The third-order valence-corrected chi connectivity index (χ3v) is 5.09. The van der Waals surface area contributed by atoms with Gasteiger partial charge in [-0.1, -0.05) is 41.4 Å². The van der Waals surface area contributed by atoms with Crippen molar-refractivity contribution in [2.45, 2.75) is 13.5 Å². The van der Waals surface area contributed by atoms with Crippen LogP contribution in [0.1, 0.15) is 18.1 Å². The van der Waals surface area contributed by atoms with Crippen molar-refractivity contribution < 1.29 is 18.7 Å². The van der Waals surface area contributed by atoms with Gasteiger partial charge in [0.2, 0.25) is 0 Å². The number of nitriles is 1. The number of anilines is 1. The monoisotopic (exact) mass is 484 g/mol. The van der Waals surface area contributed by atoms with Crippen molar-refractivity contribution in [1.29, 1.82) is 5.26 Å². The number of benzene rings is 3. The molecule has 0 bridgehead atoms. The third-order valence-electron chi connectivity index (χ3n) is 4.44. The van der Waals surface area contributed by atoms with Crippen LogP contribution in [0.15, 0.2) is 66.2 Å². The normalized spacial score (nSPS) is 10.9. The number of rotatable bonds is 8. The Balaban J connectivity index is 1.85. The van der Waals surface area contributed by atoms with Gasteiger partial charge in [0.15, 0.2) is 11.5 Å². The Labute approximate surface area is 201 Å². The van der Waals surface area contributed by atoms with Gasteiger partial charge in [0.1, 0.15) is 24.1 Å². The van der Waals surface area contributed by atoms with E-state index in [-0.39, 0.29) is 17.2 Å². The summed E-state index contributed by atoms with van der Waals surface area (Å²) in [6.07, 6.45) is 1.38. The fraction of sp³-hybridized carbons (Fsp3) is 0.120. The quantitative estimate of drug-likeness (QED) is 0.286. The van der Waals surface area contributed by atoms with Crippen molar-refractivity contribution in [1.82, 2.24) is 0 Å². The predicted octanol–water partition coefficient (Wildman–Crippen LogP) is 6.66. The smallest absolute Gasteiger partial charge is 0.266 e. The molecule has 5 nitrogen and oxygen atoms in total. The molecule has 0 aliphatic heterocycles. The van der Waals surface area contributed by atoms with Gasteiger partial charge in [0.25, 0.3) is 5.91 Å². The molecule has 33 heavy (non-hydrogen) atoms. The minimum atomic E-state index is -0.641. The zero-order chi connectivity index (χ0) is 23.8. The average molecular weight is 485 g/mol. The molecule has 0 aliphatic carbocycles. The minimum Gasteiger partial charge on any atom is -0.490 e. The van der Waals surface area contributed by atoms with Gasteiger partial charge in [-0.3, -0.25) is 4.79 Å². The average Bonchev–Trinajstić information content (AvgIpc) is 2.79. The maximum absolute atomic E-state index is 13.1. The van der Waals surface area contributed by atoms with E-state index in [1.165, 1.54) is 30.3 Å². The molecule has 0 fully saturated rings. The largest absolute Gasteiger partial charge is 0.490 e. The molecule has 0 aliphatic rings. The fourth-order valence-corrected chi connectivity index (χ4v) is 3.35. The molecule has 0 saturated heterocycles. The van der Waals surface area contributed by atoms with Crippen LogP contribution in [0.5, 0.6) is 11.5 Å². The van der Waals surface area contributed by atoms with E-state index < -0.39 is 11.7 Å². The molecule has 0 saturated carbocycles. The molecule has 0 heterocycles. The van der Waals surface area contributed by atoms with Crippen molar-refractivity contribution in [2.75, 3.05) is 11.9 Å². The lowest BCUT2D eigenvalue weighted by molar-refractivity contribution is -0.112. The first-order chi connectivity index (χ1) is 15.9. The van der Waals surface area contributed by atoms with E-state index in [1.807, 2.05) is 31.2 Å². The standard InChI is InChI=1S/C25H19Cl2FN2O3/c1-2-32-23-13-16(11-18(14-29)25(31)30-20-9-7-19(28)8-10-20)12-22(27)24(23)33-15-17-5-3-4-6-21(17)26/h3-13H,2,15H2,1H3,(H,30,31)/b18-11+. The summed E-state index contributed by atoms with van der Waals surface area (Å²) in [5, 5.41) is 12.8. The zero-order valence-electron chi connectivity index (χ0n) is 17.6. The fourth-order valence-electron chi connectivity index (χ4n) is 2.89. The summed E-state index contributed by atoms with van der Waals surface area (Å²) in [4.78, 5) is 12.5. The molecule has 1 N–H and O–H groups in total.